The van der Waals surface area contributed by atoms with Crippen molar-refractivity contribution in [3.8, 4) is 17.2 Å². The first kappa shape index (κ1) is 22.8. The molecule has 1 saturated heterocycles. The Labute approximate surface area is 198 Å². The molecule has 34 heavy (non-hydrogen) atoms. The van der Waals surface area contributed by atoms with Gasteiger partial charge in [0.05, 0.1) is 24.9 Å². The summed E-state index contributed by atoms with van der Waals surface area (Å²) in [6.45, 7) is 3.84. The molecular formula is C26H30FN3O4. The summed E-state index contributed by atoms with van der Waals surface area (Å²) < 4.78 is 31.2. The van der Waals surface area contributed by atoms with E-state index in [-0.39, 0.29) is 11.9 Å². The Balaban J connectivity index is 1.16. The molecule has 1 aromatic heterocycles. The van der Waals surface area contributed by atoms with Crippen molar-refractivity contribution in [3.63, 3.8) is 0 Å². The average molecular weight is 468 g/mol. The fourth-order valence-corrected chi connectivity index (χ4v) is 4.74. The lowest BCUT2D eigenvalue weighted by Crippen LogP contribution is -2.52. The highest BCUT2D eigenvalue weighted by Crippen LogP contribution is 2.31. The normalized spacial score (nSPS) is 20.4. The third kappa shape index (κ3) is 4.94. The van der Waals surface area contributed by atoms with Crippen molar-refractivity contribution in [3.05, 3.63) is 59.5 Å². The van der Waals surface area contributed by atoms with Gasteiger partial charge in [-0.2, -0.15) is 0 Å². The van der Waals surface area contributed by atoms with E-state index >= 15 is 0 Å². The number of aliphatic hydroxyl groups excluding tert-OH is 1. The van der Waals surface area contributed by atoms with Gasteiger partial charge >= 0.3 is 0 Å². The lowest BCUT2D eigenvalue weighted by molar-refractivity contribution is 0.0404. The third-order valence-corrected chi connectivity index (χ3v) is 6.65. The first-order valence-electron chi connectivity index (χ1n) is 11.7. The number of hydrogen-bond acceptors (Lipinski definition) is 7. The van der Waals surface area contributed by atoms with Crippen LogP contribution in [0, 0.1) is 5.82 Å². The second-order valence-electron chi connectivity index (χ2n) is 8.84. The zero-order chi connectivity index (χ0) is 23.5. The van der Waals surface area contributed by atoms with Gasteiger partial charge in [-0.3, -0.25) is 4.98 Å². The van der Waals surface area contributed by atoms with E-state index in [0.29, 0.717) is 50.6 Å². The number of β-amino-alcohol motifs (C(OH)–C–C–N with tert-alkyl or cyclic N) is 1. The van der Waals surface area contributed by atoms with Crippen molar-refractivity contribution < 1.29 is 23.7 Å². The Bertz CT molecular complexity index is 1160. The largest absolute Gasteiger partial charge is 0.497 e. The number of benzene rings is 2. The van der Waals surface area contributed by atoms with Crippen LogP contribution in [0.25, 0.3) is 10.9 Å². The summed E-state index contributed by atoms with van der Waals surface area (Å²) in [6, 6.07) is 11.5. The maximum absolute atomic E-state index is 14.6. The highest BCUT2D eigenvalue weighted by molar-refractivity contribution is 5.83. The number of halogens is 1. The SMILES string of the molecule is COc1ccc2ncc(F)c(CCN3CCC(NCc4ccc5c(c4)OCCO5)C(O)C3)c2c1. The maximum atomic E-state index is 14.6. The zero-order valence-electron chi connectivity index (χ0n) is 19.3. The number of piperidine rings is 1. The molecule has 0 radical (unpaired) electrons. The van der Waals surface area contributed by atoms with Gasteiger partial charge in [0.2, 0.25) is 0 Å². The van der Waals surface area contributed by atoms with Crippen LogP contribution in [0.2, 0.25) is 0 Å². The first-order chi connectivity index (χ1) is 16.6. The molecule has 2 aromatic carbocycles. The number of nitrogens with zero attached hydrogens (tertiary/aromatic N) is 2. The predicted molar refractivity (Wildman–Crippen MR) is 127 cm³/mol. The van der Waals surface area contributed by atoms with Crippen molar-refractivity contribution >= 4 is 10.9 Å². The van der Waals surface area contributed by atoms with E-state index in [1.54, 1.807) is 7.11 Å². The number of rotatable bonds is 7. The van der Waals surface area contributed by atoms with Gasteiger partial charge < -0.3 is 29.5 Å². The molecule has 3 heterocycles. The van der Waals surface area contributed by atoms with E-state index in [1.165, 1.54) is 6.20 Å². The summed E-state index contributed by atoms with van der Waals surface area (Å²) >= 11 is 0. The van der Waals surface area contributed by atoms with Crippen molar-refractivity contribution in [1.82, 2.24) is 15.2 Å². The van der Waals surface area contributed by atoms with Crippen LogP contribution in [0.15, 0.2) is 42.6 Å². The summed E-state index contributed by atoms with van der Waals surface area (Å²) in [5.74, 6) is 1.92. The molecule has 5 rings (SSSR count). The Morgan fingerprint density at radius 1 is 1.18 bits per heavy atom. The number of fused-ring (bicyclic) bond motifs is 2. The Morgan fingerprint density at radius 3 is 2.85 bits per heavy atom. The van der Waals surface area contributed by atoms with Crippen LogP contribution >= 0.6 is 0 Å². The lowest BCUT2D eigenvalue weighted by atomic mass is 10.00. The van der Waals surface area contributed by atoms with E-state index in [9.17, 15) is 9.50 Å². The quantitative estimate of drug-likeness (QED) is 0.553. The standard InChI is InChI=1S/C26H30FN3O4/c1-32-18-3-4-22-20(13-18)19(21(27)15-29-22)6-8-30-9-7-23(24(31)16-30)28-14-17-2-5-25-26(12-17)34-11-10-33-25/h2-5,12-13,15,23-24,28,31H,6-11,14,16H2,1H3. The van der Waals surface area contributed by atoms with Crippen LogP contribution < -0.4 is 19.5 Å². The number of hydrogen-bond donors (Lipinski definition) is 2. The molecule has 2 N–H and O–H groups in total. The number of pyridine rings is 1. The minimum atomic E-state index is -0.495. The molecule has 0 saturated carbocycles. The number of ether oxygens (including phenoxy) is 3. The second kappa shape index (κ2) is 10.1. The van der Waals surface area contributed by atoms with Crippen molar-refractivity contribution in [2.24, 2.45) is 0 Å². The molecule has 8 heteroatoms. The van der Waals surface area contributed by atoms with Crippen molar-refractivity contribution in [1.29, 1.82) is 0 Å². The number of nitrogens with one attached hydrogen (secondary N) is 1. The fourth-order valence-electron chi connectivity index (χ4n) is 4.74. The third-order valence-electron chi connectivity index (χ3n) is 6.65. The molecule has 0 spiro atoms. The monoisotopic (exact) mass is 467 g/mol. The molecule has 0 aliphatic carbocycles. The van der Waals surface area contributed by atoms with E-state index in [0.717, 1.165) is 40.9 Å². The number of aliphatic hydroxyl groups is 1. The number of aromatic nitrogens is 1. The molecule has 1 fully saturated rings. The lowest BCUT2D eigenvalue weighted by Gasteiger charge is -2.36. The van der Waals surface area contributed by atoms with Gasteiger partial charge in [-0.05, 0) is 55.3 Å². The molecule has 180 valence electrons. The van der Waals surface area contributed by atoms with E-state index in [4.69, 9.17) is 14.2 Å². The Hall–Kier alpha value is -2.94. The summed E-state index contributed by atoms with van der Waals surface area (Å²) in [5, 5.41) is 15.0. The van der Waals surface area contributed by atoms with Crippen LogP contribution in [0.4, 0.5) is 4.39 Å². The van der Waals surface area contributed by atoms with E-state index < -0.39 is 6.10 Å². The van der Waals surface area contributed by atoms with Gasteiger partial charge in [-0.1, -0.05) is 6.07 Å². The summed E-state index contributed by atoms with van der Waals surface area (Å²) in [4.78, 5) is 6.39. The average Bonchev–Trinajstić information content (AvgIpc) is 2.87. The predicted octanol–water partition coefficient (Wildman–Crippen LogP) is 2.92. The van der Waals surface area contributed by atoms with Crippen LogP contribution in [-0.4, -0.2) is 67.1 Å². The van der Waals surface area contributed by atoms with E-state index in [1.807, 2.05) is 36.4 Å². The second-order valence-corrected chi connectivity index (χ2v) is 8.84. The minimum Gasteiger partial charge on any atom is -0.497 e. The smallest absolute Gasteiger partial charge is 0.161 e. The summed E-state index contributed by atoms with van der Waals surface area (Å²) in [5.41, 5.74) is 2.48. The van der Waals surface area contributed by atoms with Crippen molar-refractivity contribution in [2.75, 3.05) is 40.0 Å². The molecule has 0 bridgehead atoms. The fraction of sp³-hybridized carbons (Fsp3) is 0.423. The van der Waals surface area contributed by atoms with Crippen molar-refractivity contribution in [2.45, 2.75) is 31.5 Å². The topological polar surface area (TPSA) is 76.1 Å². The van der Waals surface area contributed by atoms with Crippen LogP contribution in [0.3, 0.4) is 0 Å². The molecule has 2 unspecified atom stereocenters. The van der Waals surface area contributed by atoms with Gasteiger partial charge in [0.25, 0.3) is 0 Å². The maximum Gasteiger partial charge on any atom is 0.161 e. The van der Waals surface area contributed by atoms with Gasteiger partial charge in [-0.15, -0.1) is 0 Å². The number of likely N-dealkylation sites (tertiary alicyclic amines) is 1. The highest BCUT2D eigenvalue weighted by Gasteiger charge is 2.27. The van der Waals surface area contributed by atoms with Gasteiger partial charge in [0.15, 0.2) is 11.5 Å². The van der Waals surface area contributed by atoms with Gasteiger partial charge in [0.1, 0.15) is 24.8 Å². The summed E-state index contributed by atoms with van der Waals surface area (Å²) in [7, 11) is 1.60. The van der Waals surface area contributed by atoms with Gasteiger partial charge in [-0.25, -0.2) is 4.39 Å². The van der Waals surface area contributed by atoms with Crippen LogP contribution in [0.5, 0.6) is 17.2 Å². The number of methoxy groups -OCH3 is 1. The minimum absolute atomic E-state index is 0.00667. The molecule has 7 nitrogen and oxygen atoms in total. The molecule has 2 aliphatic heterocycles. The highest BCUT2D eigenvalue weighted by atomic mass is 19.1. The molecule has 3 aromatic rings. The molecular weight excluding hydrogens is 437 g/mol. The zero-order valence-corrected chi connectivity index (χ0v) is 19.3. The Kier molecular flexibility index (Phi) is 6.80. The van der Waals surface area contributed by atoms with Crippen LogP contribution in [0.1, 0.15) is 17.5 Å². The molecule has 2 aliphatic rings. The molecule has 2 atom stereocenters. The first-order valence-corrected chi connectivity index (χ1v) is 11.7. The van der Waals surface area contributed by atoms with E-state index in [2.05, 4.69) is 15.2 Å². The van der Waals surface area contributed by atoms with Crippen LogP contribution in [-0.2, 0) is 13.0 Å². The van der Waals surface area contributed by atoms with Gasteiger partial charge in [0, 0.05) is 36.6 Å². The summed E-state index contributed by atoms with van der Waals surface area (Å²) in [6.07, 6.45) is 2.15. The Morgan fingerprint density at radius 2 is 2.03 bits per heavy atom. The molecule has 0 amide bonds.